The molecule has 5 heteroatoms. The van der Waals surface area contributed by atoms with Crippen LogP contribution in [0.25, 0.3) is 0 Å². The summed E-state index contributed by atoms with van der Waals surface area (Å²) >= 11 is 0. The summed E-state index contributed by atoms with van der Waals surface area (Å²) < 4.78 is 40.1. The highest BCUT2D eigenvalue weighted by atomic mass is 28.3. The first kappa shape index (κ1) is 18.7. The van der Waals surface area contributed by atoms with Crippen LogP contribution in [0.3, 0.4) is 0 Å². The van der Waals surface area contributed by atoms with Crippen LogP contribution in [0.2, 0.25) is 18.1 Å². The third-order valence-electron chi connectivity index (χ3n) is 4.34. The number of ether oxygens (including phenoxy) is 1. The quantitative estimate of drug-likeness (QED) is 0.511. The van der Waals surface area contributed by atoms with Crippen molar-refractivity contribution in [3.8, 4) is 17.6 Å². The predicted molar refractivity (Wildman–Crippen MR) is 93.7 cm³/mol. The van der Waals surface area contributed by atoms with Gasteiger partial charge in [-0.25, -0.2) is 0 Å². The number of benzene rings is 1. The molecule has 0 unspecified atom stereocenters. The molecule has 0 atom stereocenters. The van der Waals surface area contributed by atoms with E-state index < -0.39 is 15.2 Å². The average molecular weight is 352 g/mol. The minimum atomic E-state index is -4.66. The monoisotopic (exact) mass is 352 g/mol. The molecule has 2 rings (SSSR count). The Morgan fingerprint density at radius 3 is 2.46 bits per heavy atom. The maximum absolute atomic E-state index is 12.1. The molecule has 24 heavy (non-hydrogen) atoms. The summed E-state index contributed by atoms with van der Waals surface area (Å²) in [5.41, 5.74) is 0.674. The molecule has 0 bridgehead atoms. The Morgan fingerprint density at radius 2 is 1.88 bits per heavy atom. The van der Waals surface area contributed by atoms with Gasteiger partial charge in [0.1, 0.15) is 5.75 Å². The molecule has 0 amide bonds. The van der Waals surface area contributed by atoms with Gasteiger partial charge in [0.15, 0.2) is 0 Å². The van der Waals surface area contributed by atoms with Crippen LogP contribution in [0.5, 0.6) is 5.75 Å². The van der Waals surface area contributed by atoms with Gasteiger partial charge >= 0.3 is 6.36 Å². The molecule has 1 saturated heterocycles. The summed E-state index contributed by atoms with van der Waals surface area (Å²) in [7, 11) is -0.437. The minimum absolute atomic E-state index is 0.225. The van der Waals surface area contributed by atoms with Crippen molar-refractivity contribution in [1.82, 2.24) is 0 Å². The Bertz CT molecular complexity index is 588. The highest BCUT2D eigenvalue weighted by molar-refractivity contribution is 6.58. The van der Waals surface area contributed by atoms with E-state index >= 15 is 0 Å². The molecule has 1 fully saturated rings. The van der Waals surface area contributed by atoms with Gasteiger partial charge in [-0.15, -0.1) is 13.2 Å². The topological polar surface area (TPSA) is 9.23 Å². The van der Waals surface area contributed by atoms with Crippen LogP contribution in [-0.2, 0) is 0 Å². The highest BCUT2D eigenvalue weighted by Gasteiger charge is 2.30. The Kier molecular flexibility index (Phi) is 6.98. The second kappa shape index (κ2) is 8.98. The molecular weight excluding hydrogens is 329 g/mol. The van der Waals surface area contributed by atoms with E-state index in [0.29, 0.717) is 11.5 Å². The van der Waals surface area contributed by atoms with E-state index in [2.05, 4.69) is 29.6 Å². The summed E-state index contributed by atoms with van der Waals surface area (Å²) in [6.45, 7) is 2.27. The van der Waals surface area contributed by atoms with E-state index in [0.717, 1.165) is 0 Å². The molecule has 1 aliphatic rings. The van der Waals surface area contributed by atoms with Gasteiger partial charge in [-0.2, -0.15) is 0 Å². The first-order valence-corrected chi connectivity index (χ1v) is 10.9. The second-order valence-electron chi connectivity index (χ2n) is 6.27. The summed E-state index contributed by atoms with van der Waals surface area (Å²) in [4.78, 5) is 0. The standard InChI is InChI=1S/C19H23F3OSi/c1-2-13-24-14-11-17(12-15-24)6-4-3-5-16-7-9-18(10-8-16)23-19(20,21)22/h4,6-10,17,24H,2,11-15H2,1H3/b6-4+. The number of hydrogen-bond acceptors (Lipinski definition) is 1. The van der Waals surface area contributed by atoms with Crippen LogP contribution in [0, 0.1) is 17.8 Å². The van der Waals surface area contributed by atoms with Gasteiger partial charge in [-0.3, -0.25) is 0 Å². The molecule has 1 heterocycles. The zero-order valence-electron chi connectivity index (χ0n) is 13.9. The SMILES string of the molecule is CCC[SiH]1CCC(/C=C/C#Cc2ccc(OC(F)(F)F)cc2)CC1. The van der Waals surface area contributed by atoms with Crippen molar-refractivity contribution in [1.29, 1.82) is 0 Å². The third kappa shape index (κ3) is 6.84. The lowest BCUT2D eigenvalue weighted by atomic mass is 10.0. The van der Waals surface area contributed by atoms with Gasteiger partial charge < -0.3 is 4.74 Å². The lowest BCUT2D eigenvalue weighted by molar-refractivity contribution is -0.274. The third-order valence-corrected chi connectivity index (χ3v) is 8.04. The fourth-order valence-corrected chi connectivity index (χ4v) is 6.61. The maximum Gasteiger partial charge on any atom is 0.573 e. The summed E-state index contributed by atoms with van der Waals surface area (Å²) in [6, 6.07) is 9.98. The first-order valence-electron chi connectivity index (χ1n) is 8.50. The van der Waals surface area contributed by atoms with Crippen molar-refractivity contribution in [2.45, 2.75) is 50.7 Å². The van der Waals surface area contributed by atoms with Crippen molar-refractivity contribution in [2.75, 3.05) is 0 Å². The molecular formula is C19H23F3OSi. The molecule has 0 aliphatic carbocycles. The number of halogens is 3. The zero-order valence-corrected chi connectivity index (χ0v) is 15.1. The molecule has 0 radical (unpaired) electrons. The molecule has 130 valence electrons. The number of allylic oxidation sites excluding steroid dienone is 2. The van der Waals surface area contributed by atoms with Crippen LogP contribution in [0.4, 0.5) is 13.2 Å². The van der Waals surface area contributed by atoms with Crippen LogP contribution in [-0.4, -0.2) is 15.2 Å². The smallest absolute Gasteiger partial charge is 0.406 e. The van der Waals surface area contributed by atoms with Crippen LogP contribution < -0.4 is 4.74 Å². The lowest BCUT2D eigenvalue weighted by Crippen LogP contribution is -2.19. The molecule has 0 N–H and O–H groups in total. The summed E-state index contributed by atoms with van der Waals surface area (Å²) in [6.07, 6.45) is 3.32. The predicted octanol–water partition coefficient (Wildman–Crippen LogP) is 5.54. The average Bonchev–Trinajstić information content (AvgIpc) is 2.53. The van der Waals surface area contributed by atoms with Gasteiger partial charge in [0.2, 0.25) is 0 Å². The van der Waals surface area contributed by atoms with Gasteiger partial charge in [-0.05, 0) is 49.1 Å². The summed E-state index contributed by atoms with van der Waals surface area (Å²) in [5, 5.41) is 0. The van der Waals surface area contributed by atoms with E-state index in [1.165, 1.54) is 61.7 Å². The highest BCUT2D eigenvalue weighted by Crippen LogP contribution is 2.28. The van der Waals surface area contributed by atoms with Crippen molar-refractivity contribution in [3.63, 3.8) is 0 Å². The molecule has 0 spiro atoms. The summed E-state index contributed by atoms with van der Waals surface area (Å²) in [5.74, 6) is 6.33. The van der Waals surface area contributed by atoms with Gasteiger partial charge in [-0.1, -0.05) is 49.4 Å². The van der Waals surface area contributed by atoms with Gasteiger partial charge in [0.25, 0.3) is 0 Å². The van der Waals surface area contributed by atoms with E-state index in [4.69, 9.17) is 0 Å². The molecule has 1 aromatic carbocycles. The number of alkyl halides is 3. The Morgan fingerprint density at radius 1 is 1.21 bits per heavy atom. The van der Waals surface area contributed by atoms with Crippen molar-refractivity contribution < 1.29 is 17.9 Å². The van der Waals surface area contributed by atoms with Gasteiger partial charge in [0, 0.05) is 14.4 Å². The maximum atomic E-state index is 12.1. The van der Waals surface area contributed by atoms with Crippen molar-refractivity contribution >= 4 is 8.80 Å². The normalized spacial score (nSPS) is 21.3. The van der Waals surface area contributed by atoms with Crippen LogP contribution in [0.15, 0.2) is 36.4 Å². The molecule has 1 aromatic rings. The van der Waals surface area contributed by atoms with Crippen molar-refractivity contribution in [2.24, 2.45) is 5.92 Å². The minimum Gasteiger partial charge on any atom is -0.406 e. The fourth-order valence-electron chi connectivity index (χ4n) is 3.13. The van der Waals surface area contributed by atoms with E-state index in [1.54, 1.807) is 0 Å². The van der Waals surface area contributed by atoms with Crippen LogP contribution in [0.1, 0.15) is 31.7 Å². The Hall–Kier alpha value is -1.67. The van der Waals surface area contributed by atoms with Crippen LogP contribution >= 0.6 is 0 Å². The fraction of sp³-hybridized carbons (Fsp3) is 0.474. The lowest BCUT2D eigenvalue weighted by Gasteiger charge is -2.25. The van der Waals surface area contributed by atoms with Crippen molar-refractivity contribution in [3.05, 3.63) is 42.0 Å². The molecule has 0 saturated carbocycles. The Balaban J connectivity index is 1.81. The van der Waals surface area contributed by atoms with Gasteiger partial charge in [0.05, 0.1) is 0 Å². The molecule has 0 aromatic heterocycles. The second-order valence-corrected chi connectivity index (χ2v) is 9.73. The first-order chi connectivity index (χ1) is 11.5. The molecule has 1 nitrogen and oxygen atoms in total. The Labute approximate surface area is 143 Å². The van der Waals surface area contributed by atoms with E-state index in [1.807, 2.05) is 6.08 Å². The zero-order chi connectivity index (χ0) is 17.4. The number of rotatable bonds is 4. The largest absolute Gasteiger partial charge is 0.573 e. The number of hydrogen-bond donors (Lipinski definition) is 0. The molecule has 1 aliphatic heterocycles. The van der Waals surface area contributed by atoms with E-state index in [-0.39, 0.29) is 5.75 Å². The van der Waals surface area contributed by atoms with E-state index in [9.17, 15) is 13.2 Å².